The Morgan fingerprint density at radius 3 is 2.78 bits per heavy atom. The number of nitrogens with zero attached hydrogens (tertiary/aromatic N) is 1. The van der Waals surface area contributed by atoms with Gasteiger partial charge in [-0.2, -0.15) is 0 Å². The number of carbonyl (C=O) groups is 3. The highest BCUT2D eigenvalue weighted by Gasteiger charge is 2.29. The van der Waals surface area contributed by atoms with Crippen molar-refractivity contribution in [3.8, 4) is 0 Å². The maximum Gasteiger partial charge on any atom is 0.326 e. The molecule has 102 valence electrons. The Morgan fingerprint density at radius 2 is 2.28 bits per heavy atom. The third-order valence-electron chi connectivity index (χ3n) is 3.04. The van der Waals surface area contributed by atoms with Crippen LogP contribution in [0.15, 0.2) is 0 Å². The molecule has 0 saturated carbocycles. The van der Waals surface area contributed by atoms with Crippen LogP contribution in [0.1, 0.15) is 26.2 Å². The van der Waals surface area contributed by atoms with Crippen molar-refractivity contribution in [2.24, 2.45) is 0 Å². The third-order valence-corrected chi connectivity index (χ3v) is 3.04. The van der Waals surface area contributed by atoms with E-state index in [1.807, 2.05) is 0 Å². The Bertz CT molecular complexity index is 345. The molecule has 0 aromatic heterocycles. The summed E-state index contributed by atoms with van der Waals surface area (Å²) in [5, 5.41) is 14.2. The van der Waals surface area contributed by atoms with Crippen LogP contribution < -0.4 is 10.6 Å². The van der Waals surface area contributed by atoms with Gasteiger partial charge in [-0.3, -0.25) is 4.79 Å². The number of likely N-dealkylation sites (N-methyl/N-ethyl adjacent to an activating group) is 1. The quantitative estimate of drug-likeness (QED) is 0.647. The number of nitrogens with one attached hydrogen (secondary N) is 2. The molecule has 0 bridgehead atoms. The highest BCUT2D eigenvalue weighted by Crippen LogP contribution is 2.06. The van der Waals surface area contributed by atoms with Crippen LogP contribution in [-0.2, 0) is 9.59 Å². The average molecular weight is 257 g/mol. The lowest BCUT2D eigenvalue weighted by Gasteiger charge is -2.28. The van der Waals surface area contributed by atoms with Crippen LogP contribution >= 0.6 is 0 Å². The van der Waals surface area contributed by atoms with E-state index in [0.29, 0.717) is 19.4 Å². The third kappa shape index (κ3) is 3.35. The van der Waals surface area contributed by atoms with Crippen LogP contribution in [0.25, 0.3) is 0 Å². The van der Waals surface area contributed by atoms with Gasteiger partial charge in [0.1, 0.15) is 12.1 Å². The van der Waals surface area contributed by atoms with Gasteiger partial charge < -0.3 is 20.6 Å². The zero-order chi connectivity index (χ0) is 13.7. The molecule has 3 amide bonds. The van der Waals surface area contributed by atoms with E-state index in [4.69, 9.17) is 5.11 Å². The molecule has 0 spiro atoms. The molecule has 1 heterocycles. The topological polar surface area (TPSA) is 98.7 Å². The number of carboxylic acid groups (broad SMARTS) is 1. The molecule has 0 aromatic rings. The molecule has 7 heteroatoms. The molecule has 1 aliphatic heterocycles. The van der Waals surface area contributed by atoms with Crippen molar-refractivity contribution in [2.75, 3.05) is 13.6 Å². The van der Waals surface area contributed by atoms with Crippen molar-refractivity contribution in [1.82, 2.24) is 15.5 Å². The predicted octanol–water partition coefficient (Wildman–Crippen LogP) is -0.230. The monoisotopic (exact) mass is 257 g/mol. The number of hydrogen-bond acceptors (Lipinski definition) is 3. The van der Waals surface area contributed by atoms with Crippen LogP contribution in [-0.4, -0.2) is 53.6 Å². The zero-order valence-corrected chi connectivity index (χ0v) is 10.6. The first-order valence-corrected chi connectivity index (χ1v) is 6.01. The summed E-state index contributed by atoms with van der Waals surface area (Å²) in [5.74, 6) is -1.27. The van der Waals surface area contributed by atoms with E-state index in [-0.39, 0.29) is 5.91 Å². The fraction of sp³-hybridized carbons (Fsp3) is 0.727. The van der Waals surface area contributed by atoms with Crippen LogP contribution in [0.4, 0.5) is 4.79 Å². The lowest BCUT2D eigenvalue weighted by atomic mass is 10.1. The average Bonchev–Trinajstić information content (AvgIpc) is 2.32. The number of amides is 3. The Balaban J connectivity index is 2.58. The summed E-state index contributed by atoms with van der Waals surface area (Å²) in [6, 6.07) is -1.98. The molecule has 1 rings (SSSR count). The van der Waals surface area contributed by atoms with Crippen molar-refractivity contribution in [2.45, 2.75) is 38.3 Å². The van der Waals surface area contributed by atoms with Crippen LogP contribution in [0.3, 0.4) is 0 Å². The Hall–Kier alpha value is -1.79. The number of carbonyl (C=O) groups excluding carboxylic acids is 2. The summed E-state index contributed by atoms with van der Waals surface area (Å²) < 4.78 is 0. The Kier molecular flexibility index (Phi) is 4.94. The standard InChI is InChI=1S/C11H19N3O4/c1-3-8(10(16)17)14(2)11(18)13-7-5-4-6-12-9(7)15/h7-8H,3-6H2,1-2H3,(H,12,15)(H,13,18)(H,16,17). The van der Waals surface area contributed by atoms with Crippen LogP contribution in [0, 0.1) is 0 Å². The molecule has 1 aliphatic rings. The van der Waals surface area contributed by atoms with Gasteiger partial charge in [-0.15, -0.1) is 0 Å². The molecule has 0 aromatic carbocycles. The number of piperidine rings is 1. The fourth-order valence-electron chi connectivity index (χ4n) is 1.92. The minimum absolute atomic E-state index is 0.216. The number of rotatable bonds is 4. The van der Waals surface area contributed by atoms with E-state index < -0.39 is 24.1 Å². The van der Waals surface area contributed by atoms with Crippen molar-refractivity contribution >= 4 is 17.9 Å². The Morgan fingerprint density at radius 1 is 1.61 bits per heavy atom. The van der Waals surface area contributed by atoms with Crippen molar-refractivity contribution < 1.29 is 19.5 Å². The second-order valence-electron chi connectivity index (χ2n) is 4.31. The SMILES string of the molecule is CCC(C(=O)O)N(C)C(=O)NC1CCCNC1=O. The van der Waals surface area contributed by atoms with Gasteiger partial charge in [-0.25, -0.2) is 9.59 Å². The van der Waals surface area contributed by atoms with Gasteiger partial charge in [0, 0.05) is 13.6 Å². The van der Waals surface area contributed by atoms with Gasteiger partial charge in [-0.05, 0) is 19.3 Å². The van der Waals surface area contributed by atoms with E-state index >= 15 is 0 Å². The van der Waals surface area contributed by atoms with E-state index in [9.17, 15) is 14.4 Å². The summed E-state index contributed by atoms with van der Waals surface area (Å²) in [5.41, 5.74) is 0. The lowest BCUT2D eigenvalue weighted by Crippen LogP contribution is -2.55. The number of carboxylic acids is 1. The van der Waals surface area contributed by atoms with Gasteiger partial charge in [-0.1, -0.05) is 6.92 Å². The second-order valence-corrected chi connectivity index (χ2v) is 4.31. The Labute approximate surface area is 106 Å². The van der Waals surface area contributed by atoms with Crippen molar-refractivity contribution in [3.05, 3.63) is 0 Å². The molecule has 7 nitrogen and oxygen atoms in total. The van der Waals surface area contributed by atoms with Gasteiger partial charge >= 0.3 is 12.0 Å². The van der Waals surface area contributed by atoms with E-state index in [2.05, 4.69) is 10.6 Å². The van der Waals surface area contributed by atoms with Gasteiger partial charge in [0.15, 0.2) is 0 Å². The summed E-state index contributed by atoms with van der Waals surface area (Å²) in [6.07, 6.45) is 1.70. The highest BCUT2D eigenvalue weighted by molar-refractivity contribution is 5.89. The maximum atomic E-state index is 11.8. The van der Waals surface area contributed by atoms with E-state index in [1.54, 1.807) is 6.92 Å². The maximum absolute atomic E-state index is 11.8. The van der Waals surface area contributed by atoms with Gasteiger partial charge in [0.2, 0.25) is 5.91 Å². The molecule has 0 radical (unpaired) electrons. The minimum Gasteiger partial charge on any atom is -0.480 e. The molecule has 3 N–H and O–H groups in total. The largest absolute Gasteiger partial charge is 0.480 e. The zero-order valence-electron chi connectivity index (χ0n) is 10.6. The summed E-state index contributed by atoms with van der Waals surface area (Å²) in [4.78, 5) is 35.3. The smallest absolute Gasteiger partial charge is 0.326 e. The molecule has 0 aliphatic carbocycles. The highest BCUT2D eigenvalue weighted by atomic mass is 16.4. The minimum atomic E-state index is -1.05. The summed E-state index contributed by atoms with van der Waals surface area (Å²) in [7, 11) is 1.42. The molecular weight excluding hydrogens is 238 g/mol. The molecule has 1 saturated heterocycles. The molecule has 2 atom stereocenters. The first-order valence-electron chi connectivity index (χ1n) is 6.01. The molecule has 1 fully saturated rings. The van der Waals surface area contributed by atoms with Crippen LogP contribution in [0.2, 0.25) is 0 Å². The lowest BCUT2D eigenvalue weighted by molar-refractivity contribution is -0.141. The number of hydrogen-bond donors (Lipinski definition) is 3. The van der Waals surface area contributed by atoms with Crippen molar-refractivity contribution in [3.63, 3.8) is 0 Å². The first kappa shape index (κ1) is 14.3. The van der Waals surface area contributed by atoms with Crippen LogP contribution in [0.5, 0.6) is 0 Å². The predicted molar refractivity (Wildman–Crippen MR) is 64.0 cm³/mol. The number of aliphatic carboxylic acids is 1. The molecular formula is C11H19N3O4. The first-order chi connectivity index (χ1) is 8.47. The molecule has 2 unspecified atom stereocenters. The number of urea groups is 1. The normalized spacial score (nSPS) is 20.8. The van der Waals surface area contributed by atoms with Crippen molar-refractivity contribution in [1.29, 1.82) is 0 Å². The fourth-order valence-corrected chi connectivity index (χ4v) is 1.92. The summed E-state index contributed by atoms with van der Waals surface area (Å²) >= 11 is 0. The molecule has 18 heavy (non-hydrogen) atoms. The second kappa shape index (κ2) is 6.23. The van der Waals surface area contributed by atoms with Gasteiger partial charge in [0.05, 0.1) is 0 Å². The summed E-state index contributed by atoms with van der Waals surface area (Å²) in [6.45, 7) is 2.31. The van der Waals surface area contributed by atoms with Gasteiger partial charge in [0.25, 0.3) is 0 Å². The van der Waals surface area contributed by atoms with E-state index in [1.165, 1.54) is 7.05 Å². The van der Waals surface area contributed by atoms with E-state index in [0.717, 1.165) is 11.3 Å².